The molecule has 0 saturated carbocycles. The monoisotopic (exact) mass is 190 g/mol. The number of pyridine rings is 1. The van der Waals surface area contributed by atoms with Crippen LogP contribution in [-0.4, -0.2) is 15.0 Å². The maximum absolute atomic E-state index is 12.8. The fourth-order valence-corrected chi connectivity index (χ4v) is 0.968. The predicted molar refractivity (Wildman–Crippen MR) is 49.5 cm³/mol. The number of hydrogen-bond acceptors (Lipinski definition) is 4. The van der Waals surface area contributed by atoms with Gasteiger partial charge in [-0.05, 0) is 6.07 Å². The molecule has 0 spiro atoms. The Hall–Kier alpha value is -2.04. The van der Waals surface area contributed by atoms with Crippen LogP contribution in [0.25, 0.3) is 0 Å². The molecule has 14 heavy (non-hydrogen) atoms. The standard InChI is InChI=1S/C9H7FN4/c10-7-1-2-12-8(5-7)14-9-6-11-3-4-13-9/h1-6H,(H,12,13,14). The van der Waals surface area contributed by atoms with E-state index in [4.69, 9.17) is 0 Å². The lowest BCUT2D eigenvalue weighted by molar-refractivity contribution is 0.626. The van der Waals surface area contributed by atoms with E-state index in [0.29, 0.717) is 11.6 Å². The Morgan fingerprint density at radius 2 is 1.93 bits per heavy atom. The second-order valence-electron chi connectivity index (χ2n) is 2.57. The normalized spacial score (nSPS) is 9.79. The van der Waals surface area contributed by atoms with Crippen LogP contribution in [0.2, 0.25) is 0 Å². The van der Waals surface area contributed by atoms with Gasteiger partial charge in [-0.1, -0.05) is 0 Å². The molecule has 0 saturated heterocycles. The third-order valence-electron chi connectivity index (χ3n) is 1.54. The Balaban J connectivity index is 2.19. The van der Waals surface area contributed by atoms with E-state index in [2.05, 4.69) is 20.3 Å². The van der Waals surface area contributed by atoms with Crippen molar-refractivity contribution in [3.05, 3.63) is 42.7 Å². The highest BCUT2D eigenvalue weighted by Crippen LogP contribution is 2.10. The number of nitrogens with one attached hydrogen (secondary N) is 1. The Labute approximate surface area is 79.9 Å². The Morgan fingerprint density at radius 3 is 2.64 bits per heavy atom. The zero-order valence-corrected chi connectivity index (χ0v) is 7.18. The third kappa shape index (κ3) is 2.01. The summed E-state index contributed by atoms with van der Waals surface area (Å²) in [6, 6.07) is 2.57. The average molecular weight is 190 g/mol. The van der Waals surface area contributed by atoms with Crippen molar-refractivity contribution in [3.63, 3.8) is 0 Å². The van der Waals surface area contributed by atoms with E-state index < -0.39 is 0 Å². The molecule has 0 atom stereocenters. The van der Waals surface area contributed by atoms with Gasteiger partial charge in [0.15, 0.2) is 0 Å². The molecule has 0 aromatic carbocycles. The van der Waals surface area contributed by atoms with Gasteiger partial charge < -0.3 is 5.32 Å². The van der Waals surface area contributed by atoms with Crippen molar-refractivity contribution >= 4 is 11.6 Å². The molecule has 0 aliphatic rings. The minimum Gasteiger partial charge on any atom is -0.324 e. The zero-order valence-electron chi connectivity index (χ0n) is 7.18. The molecular formula is C9H7FN4. The highest BCUT2D eigenvalue weighted by atomic mass is 19.1. The largest absolute Gasteiger partial charge is 0.324 e. The lowest BCUT2D eigenvalue weighted by Crippen LogP contribution is -1.96. The molecule has 70 valence electrons. The summed E-state index contributed by atoms with van der Waals surface area (Å²) < 4.78 is 12.8. The first-order valence-electron chi connectivity index (χ1n) is 3.99. The molecule has 2 heterocycles. The highest BCUT2D eigenvalue weighted by Gasteiger charge is 1.97. The first-order chi connectivity index (χ1) is 6.84. The van der Waals surface area contributed by atoms with Crippen molar-refractivity contribution < 1.29 is 4.39 Å². The lowest BCUT2D eigenvalue weighted by atomic mass is 10.4. The van der Waals surface area contributed by atoms with Crippen molar-refractivity contribution in [1.29, 1.82) is 0 Å². The molecule has 0 aliphatic carbocycles. The van der Waals surface area contributed by atoms with Gasteiger partial charge in [-0.25, -0.2) is 14.4 Å². The molecule has 2 rings (SSSR count). The lowest BCUT2D eigenvalue weighted by Gasteiger charge is -2.02. The fraction of sp³-hybridized carbons (Fsp3) is 0. The van der Waals surface area contributed by atoms with Crippen LogP contribution < -0.4 is 5.32 Å². The van der Waals surface area contributed by atoms with Gasteiger partial charge in [0.05, 0.1) is 6.20 Å². The van der Waals surface area contributed by atoms with E-state index in [0.717, 1.165) is 0 Å². The summed E-state index contributed by atoms with van der Waals surface area (Å²) in [5, 5.41) is 2.82. The molecule has 0 amide bonds. The van der Waals surface area contributed by atoms with Crippen LogP contribution in [0.3, 0.4) is 0 Å². The molecule has 0 bridgehead atoms. The Bertz CT molecular complexity index is 418. The molecule has 0 radical (unpaired) electrons. The van der Waals surface area contributed by atoms with Crippen LogP contribution in [0.15, 0.2) is 36.9 Å². The van der Waals surface area contributed by atoms with Crippen molar-refractivity contribution in [1.82, 2.24) is 15.0 Å². The van der Waals surface area contributed by atoms with Crippen LogP contribution >= 0.6 is 0 Å². The minimum absolute atomic E-state index is 0.341. The van der Waals surface area contributed by atoms with Gasteiger partial charge in [0.1, 0.15) is 17.5 Å². The number of hydrogen-bond donors (Lipinski definition) is 1. The first-order valence-corrected chi connectivity index (χ1v) is 3.99. The van der Waals surface area contributed by atoms with Crippen LogP contribution in [0, 0.1) is 5.82 Å². The zero-order chi connectivity index (χ0) is 9.80. The smallest absolute Gasteiger partial charge is 0.150 e. The van der Waals surface area contributed by atoms with Crippen molar-refractivity contribution in [2.24, 2.45) is 0 Å². The number of aromatic nitrogens is 3. The molecule has 2 aromatic heterocycles. The maximum Gasteiger partial charge on any atom is 0.150 e. The Morgan fingerprint density at radius 1 is 1.07 bits per heavy atom. The van der Waals surface area contributed by atoms with E-state index in [1.54, 1.807) is 12.4 Å². The predicted octanol–water partition coefficient (Wildman–Crippen LogP) is 1.75. The van der Waals surface area contributed by atoms with Crippen LogP contribution in [0.4, 0.5) is 16.0 Å². The van der Waals surface area contributed by atoms with E-state index >= 15 is 0 Å². The van der Waals surface area contributed by atoms with Crippen molar-refractivity contribution in [2.75, 3.05) is 5.32 Å². The summed E-state index contributed by atoms with van der Waals surface area (Å²) >= 11 is 0. The molecule has 5 heteroatoms. The van der Waals surface area contributed by atoms with Crippen molar-refractivity contribution in [2.45, 2.75) is 0 Å². The minimum atomic E-state index is -0.341. The second kappa shape index (κ2) is 3.78. The van der Waals surface area contributed by atoms with Crippen LogP contribution in [-0.2, 0) is 0 Å². The molecule has 0 unspecified atom stereocenters. The Kier molecular flexibility index (Phi) is 2.31. The number of nitrogens with zero attached hydrogens (tertiary/aromatic N) is 3. The molecular weight excluding hydrogens is 183 g/mol. The van der Waals surface area contributed by atoms with Gasteiger partial charge in [-0.15, -0.1) is 0 Å². The summed E-state index contributed by atoms with van der Waals surface area (Å²) in [5.41, 5.74) is 0. The molecule has 0 aliphatic heterocycles. The average Bonchev–Trinajstić information content (AvgIpc) is 2.19. The second-order valence-corrected chi connectivity index (χ2v) is 2.57. The number of anilines is 2. The van der Waals surface area contributed by atoms with E-state index in [9.17, 15) is 4.39 Å². The number of halogens is 1. The summed E-state index contributed by atoms with van der Waals surface area (Å²) in [6.07, 6.45) is 6.02. The highest BCUT2D eigenvalue weighted by molar-refractivity contribution is 5.49. The molecule has 4 nitrogen and oxygen atoms in total. The first kappa shape index (κ1) is 8.55. The summed E-state index contributed by atoms with van der Waals surface area (Å²) in [4.78, 5) is 11.7. The van der Waals surface area contributed by atoms with Gasteiger partial charge in [-0.2, -0.15) is 0 Å². The molecule has 0 fully saturated rings. The van der Waals surface area contributed by atoms with Gasteiger partial charge in [0.25, 0.3) is 0 Å². The van der Waals surface area contributed by atoms with Crippen LogP contribution in [0.1, 0.15) is 0 Å². The summed E-state index contributed by atoms with van der Waals surface area (Å²) in [7, 11) is 0. The quantitative estimate of drug-likeness (QED) is 0.783. The van der Waals surface area contributed by atoms with Gasteiger partial charge >= 0.3 is 0 Å². The molecule has 2 aromatic rings. The SMILES string of the molecule is Fc1ccnc(Nc2cnccn2)c1. The van der Waals surface area contributed by atoms with E-state index in [1.807, 2.05) is 0 Å². The third-order valence-corrected chi connectivity index (χ3v) is 1.54. The van der Waals surface area contributed by atoms with E-state index in [1.165, 1.54) is 24.5 Å². The van der Waals surface area contributed by atoms with Crippen LogP contribution in [0.5, 0.6) is 0 Å². The van der Waals surface area contributed by atoms with Gasteiger partial charge in [-0.3, -0.25) is 4.98 Å². The molecule has 1 N–H and O–H groups in total. The summed E-state index contributed by atoms with van der Waals surface area (Å²) in [5.74, 6) is 0.600. The van der Waals surface area contributed by atoms with Gasteiger partial charge in [0, 0.05) is 24.7 Å². The summed E-state index contributed by atoms with van der Waals surface area (Å²) in [6.45, 7) is 0. The van der Waals surface area contributed by atoms with Crippen molar-refractivity contribution in [3.8, 4) is 0 Å². The van der Waals surface area contributed by atoms with Gasteiger partial charge in [0.2, 0.25) is 0 Å². The van der Waals surface area contributed by atoms with E-state index in [-0.39, 0.29) is 5.82 Å². The number of rotatable bonds is 2. The topological polar surface area (TPSA) is 50.7 Å². The maximum atomic E-state index is 12.8. The fourth-order valence-electron chi connectivity index (χ4n) is 0.968.